The molecule has 0 spiro atoms. The third-order valence-electron chi connectivity index (χ3n) is 9.35. The van der Waals surface area contributed by atoms with E-state index in [-0.39, 0.29) is 0 Å². The van der Waals surface area contributed by atoms with Crippen molar-refractivity contribution in [1.29, 1.82) is 0 Å². The number of hydrogen-bond donors (Lipinski definition) is 0. The van der Waals surface area contributed by atoms with Crippen molar-refractivity contribution in [1.82, 2.24) is 15.0 Å². The van der Waals surface area contributed by atoms with E-state index in [2.05, 4.69) is 23.8 Å². The minimum absolute atomic E-state index is 0.910. The maximum atomic E-state index is 4.83. The Bertz CT molecular complexity index is 634. The van der Waals surface area contributed by atoms with E-state index in [1.807, 2.05) is 6.92 Å². The summed E-state index contributed by atoms with van der Waals surface area (Å²) in [6, 6.07) is 0. The third kappa shape index (κ3) is 28.2. The van der Waals surface area contributed by atoms with Crippen LogP contribution < -0.4 is 0 Å². The van der Waals surface area contributed by atoms with Crippen LogP contribution in [0.5, 0.6) is 0 Å². The van der Waals surface area contributed by atoms with Crippen LogP contribution in [0.4, 0.5) is 0 Å². The van der Waals surface area contributed by atoms with Crippen molar-refractivity contribution in [3.8, 4) is 0 Å². The van der Waals surface area contributed by atoms with E-state index >= 15 is 0 Å². The van der Waals surface area contributed by atoms with Gasteiger partial charge in [-0.25, -0.2) is 15.0 Å². The van der Waals surface area contributed by atoms with Crippen LogP contribution in [0.3, 0.4) is 0 Å². The summed E-state index contributed by atoms with van der Waals surface area (Å²) >= 11 is 0. The van der Waals surface area contributed by atoms with E-state index in [1.54, 1.807) is 0 Å². The largest absolute Gasteiger partial charge is 0.218 e. The van der Waals surface area contributed by atoms with Gasteiger partial charge in [-0.05, 0) is 19.8 Å². The van der Waals surface area contributed by atoms with E-state index in [1.165, 1.54) is 205 Å². The molecule has 1 aromatic rings. The number of nitrogens with zero attached hydrogens (tertiary/aromatic N) is 3. The summed E-state index contributed by atoms with van der Waals surface area (Å²) in [5.74, 6) is 2.97. The molecule has 0 saturated carbocycles. The second-order valence-corrected chi connectivity index (χ2v) is 13.8. The summed E-state index contributed by atoms with van der Waals surface area (Å²) in [6.07, 6.45) is 47.3. The molecule has 0 aliphatic heterocycles. The molecule has 3 nitrogen and oxygen atoms in total. The molecule has 0 bridgehead atoms. The Morgan fingerprint density at radius 2 is 0.488 bits per heavy atom. The van der Waals surface area contributed by atoms with E-state index < -0.39 is 0 Å². The van der Waals surface area contributed by atoms with Gasteiger partial charge in [0.2, 0.25) is 0 Å². The quantitative estimate of drug-likeness (QED) is 0.0739. The summed E-state index contributed by atoms with van der Waals surface area (Å²) in [6.45, 7) is 6.64. The lowest BCUT2D eigenvalue weighted by Crippen LogP contribution is -2.06. The van der Waals surface area contributed by atoms with Crippen LogP contribution in [0.1, 0.15) is 237 Å². The molecule has 0 N–H and O–H groups in total. The fourth-order valence-corrected chi connectivity index (χ4v) is 6.48. The van der Waals surface area contributed by atoms with Crippen LogP contribution in [0, 0.1) is 6.92 Å². The molecule has 0 amide bonds. The molecule has 1 aromatic heterocycles. The molecule has 1 heterocycles. The summed E-state index contributed by atoms with van der Waals surface area (Å²) < 4.78 is 0. The highest BCUT2D eigenvalue weighted by Crippen LogP contribution is 2.16. The Balaban J connectivity index is 1.91. The zero-order chi connectivity index (χ0) is 30.9. The summed E-state index contributed by atoms with van der Waals surface area (Å²) in [7, 11) is 0. The minimum atomic E-state index is 0.910. The Kier molecular flexibility index (Phi) is 30.2. The van der Waals surface area contributed by atoms with Crippen molar-refractivity contribution in [3.05, 3.63) is 17.5 Å². The first-order chi connectivity index (χ1) is 21.3. The van der Waals surface area contributed by atoms with Crippen molar-refractivity contribution in [2.45, 2.75) is 239 Å². The topological polar surface area (TPSA) is 38.7 Å². The molecule has 0 aliphatic carbocycles. The van der Waals surface area contributed by atoms with Crippen molar-refractivity contribution < 1.29 is 0 Å². The molecular weight excluding hydrogens is 522 g/mol. The number of rotatable bonds is 34. The van der Waals surface area contributed by atoms with Crippen LogP contribution in [0.2, 0.25) is 0 Å². The molecular formula is C40H77N3. The van der Waals surface area contributed by atoms with Gasteiger partial charge in [0.1, 0.15) is 17.5 Å². The lowest BCUT2D eigenvalue weighted by molar-refractivity contribution is 0.527. The number of unbranched alkanes of at least 4 members (excludes halogenated alkanes) is 30. The summed E-state index contributed by atoms with van der Waals surface area (Å²) in [5, 5.41) is 0. The van der Waals surface area contributed by atoms with Gasteiger partial charge in [0.15, 0.2) is 0 Å². The number of aryl methyl sites for hydroxylation is 3. The zero-order valence-corrected chi connectivity index (χ0v) is 29.9. The molecule has 0 saturated heterocycles. The highest BCUT2D eigenvalue weighted by Gasteiger charge is 2.05. The molecule has 0 unspecified atom stereocenters. The predicted octanol–water partition coefficient (Wildman–Crippen LogP) is 13.8. The van der Waals surface area contributed by atoms with Crippen molar-refractivity contribution in [2.75, 3.05) is 0 Å². The van der Waals surface area contributed by atoms with Gasteiger partial charge >= 0.3 is 0 Å². The molecule has 43 heavy (non-hydrogen) atoms. The van der Waals surface area contributed by atoms with Crippen molar-refractivity contribution in [2.24, 2.45) is 0 Å². The highest BCUT2D eigenvalue weighted by atomic mass is 15.0. The maximum absolute atomic E-state index is 4.83. The van der Waals surface area contributed by atoms with Gasteiger partial charge in [0.25, 0.3) is 0 Å². The fraction of sp³-hybridized carbons (Fsp3) is 0.925. The molecule has 252 valence electrons. The van der Waals surface area contributed by atoms with Crippen LogP contribution in [-0.2, 0) is 12.8 Å². The van der Waals surface area contributed by atoms with Crippen molar-refractivity contribution >= 4 is 0 Å². The fourth-order valence-electron chi connectivity index (χ4n) is 6.48. The van der Waals surface area contributed by atoms with Crippen LogP contribution >= 0.6 is 0 Å². The normalized spacial score (nSPS) is 11.5. The van der Waals surface area contributed by atoms with Gasteiger partial charge in [0, 0.05) is 12.8 Å². The lowest BCUT2D eigenvalue weighted by Gasteiger charge is -2.06. The third-order valence-corrected chi connectivity index (χ3v) is 9.35. The molecule has 0 aromatic carbocycles. The van der Waals surface area contributed by atoms with Gasteiger partial charge in [-0.15, -0.1) is 0 Å². The van der Waals surface area contributed by atoms with Gasteiger partial charge < -0.3 is 0 Å². The van der Waals surface area contributed by atoms with E-state index in [9.17, 15) is 0 Å². The first-order valence-corrected chi connectivity index (χ1v) is 20.0. The maximum Gasteiger partial charge on any atom is 0.132 e. The Morgan fingerprint density at radius 3 is 0.721 bits per heavy atom. The van der Waals surface area contributed by atoms with Gasteiger partial charge in [-0.2, -0.15) is 0 Å². The van der Waals surface area contributed by atoms with Crippen molar-refractivity contribution in [3.63, 3.8) is 0 Å². The van der Waals surface area contributed by atoms with E-state index in [4.69, 9.17) is 4.98 Å². The first kappa shape index (κ1) is 40.0. The monoisotopic (exact) mass is 600 g/mol. The van der Waals surface area contributed by atoms with E-state index in [0.717, 1.165) is 30.3 Å². The average molecular weight is 600 g/mol. The second-order valence-electron chi connectivity index (χ2n) is 13.8. The van der Waals surface area contributed by atoms with E-state index in [0.29, 0.717) is 0 Å². The lowest BCUT2D eigenvalue weighted by atomic mass is 10.0. The molecule has 1 rings (SSSR count). The molecule has 0 aliphatic rings. The molecule has 0 atom stereocenters. The minimum Gasteiger partial charge on any atom is -0.218 e. The smallest absolute Gasteiger partial charge is 0.132 e. The second kappa shape index (κ2) is 32.4. The Labute approximate surface area is 271 Å². The van der Waals surface area contributed by atoms with Gasteiger partial charge in [-0.1, -0.05) is 206 Å². The van der Waals surface area contributed by atoms with Crippen LogP contribution in [0.15, 0.2) is 0 Å². The Morgan fingerprint density at radius 1 is 0.279 bits per heavy atom. The standard InChI is InChI=1S/C40H77N3/c1-4-6-8-10-12-14-16-18-20-22-24-26-28-30-32-34-36-39-41-38(3)42-40(43-39)37-35-33-31-29-27-25-23-21-19-17-15-13-11-9-7-5-2/h4-37H2,1-3H3. The zero-order valence-electron chi connectivity index (χ0n) is 29.9. The Hall–Kier alpha value is -0.990. The molecule has 0 radical (unpaired) electrons. The highest BCUT2D eigenvalue weighted by molar-refractivity contribution is 4.96. The molecule has 0 fully saturated rings. The SMILES string of the molecule is CCCCCCCCCCCCCCCCCCc1nc(C)nc(CCCCCCCCCCCCCCCCCC)n1. The van der Waals surface area contributed by atoms with Crippen LogP contribution in [-0.4, -0.2) is 15.0 Å². The summed E-state index contributed by atoms with van der Waals surface area (Å²) in [5.41, 5.74) is 0. The van der Waals surface area contributed by atoms with Gasteiger partial charge in [-0.3, -0.25) is 0 Å². The van der Waals surface area contributed by atoms with Gasteiger partial charge in [0.05, 0.1) is 0 Å². The number of hydrogen-bond acceptors (Lipinski definition) is 3. The first-order valence-electron chi connectivity index (χ1n) is 20.0. The van der Waals surface area contributed by atoms with Crippen LogP contribution in [0.25, 0.3) is 0 Å². The summed E-state index contributed by atoms with van der Waals surface area (Å²) in [4.78, 5) is 14.1. The average Bonchev–Trinajstić information content (AvgIpc) is 3.00. The predicted molar refractivity (Wildman–Crippen MR) is 191 cm³/mol. The molecule has 3 heteroatoms. The number of aromatic nitrogens is 3.